The normalized spacial score (nSPS) is 22.3. The first kappa shape index (κ1) is 19.3. The largest absolute Gasteiger partial charge is 0.416 e. The molecule has 10 heteroatoms. The lowest BCUT2D eigenvalue weighted by molar-refractivity contribution is -0.137. The van der Waals surface area contributed by atoms with Crippen molar-refractivity contribution in [2.75, 3.05) is 16.8 Å². The zero-order valence-electron chi connectivity index (χ0n) is 15.9. The number of hydrogen-bond acceptors (Lipinski definition) is 5. The molecular weight excluding hydrogens is 417 g/mol. The Hall–Kier alpha value is -2.62. The summed E-state index contributed by atoms with van der Waals surface area (Å²) in [5, 5.41) is 7.57. The van der Waals surface area contributed by atoms with Crippen LogP contribution < -0.4 is 5.32 Å². The molecule has 0 unspecified atom stereocenters. The van der Waals surface area contributed by atoms with Crippen LogP contribution in [0.25, 0.3) is 16.8 Å². The fourth-order valence-electron chi connectivity index (χ4n) is 4.24. The van der Waals surface area contributed by atoms with Crippen LogP contribution in [0.2, 0.25) is 0 Å². The fourth-order valence-corrected chi connectivity index (χ4v) is 5.88. The highest BCUT2D eigenvalue weighted by Gasteiger charge is 2.56. The summed E-state index contributed by atoms with van der Waals surface area (Å²) in [5.74, 6) is 1.05. The average Bonchev–Trinajstić information content (AvgIpc) is 3.18. The molecule has 1 spiro atoms. The molecule has 6 nitrogen and oxygen atoms in total. The predicted molar refractivity (Wildman–Crippen MR) is 106 cm³/mol. The number of alkyl halides is 3. The minimum absolute atomic E-state index is 0.00322. The molecule has 3 aromatic rings. The van der Waals surface area contributed by atoms with Crippen LogP contribution in [0, 0.1) is 5.41 Å². The van der Waals surface area contributed by atoms with E-state index in [4.69, 9.17) is 0 Å². The third-order valence-corrected chi connectivity index (χ3v) is 7.86. The first-order chi connectivity index (χ1) is 14.2. The van der Waals surface area contributed by atoms with Gasteiger partial charge in [-0.05, 0) is 48.4 Å². The van der Waals surface area contributed by atoms with E-state index in [1.165, 1.54) is 16.8 Å². The number of benzene rings is 1. The first-order valence-electron chi connectivity index (χ1n) is 9.64. The van der Waals surface area contributed by atoms with Crippen molar-refractivity contribution >= 4 is 21.3 Å². The van der Waals surface area contributed by atoms with Gasteiger partial charge in [-0.25, -0.2) is 17.9 Å². The molecule has 1 N–H and O–H groups in total. The van der Waals surface area contributed by atoms with Crippen molar-refractivity contribution in [2.45, 2.75) is 31.5 Å². The highest BCUT2D eigenvalue weighted by molar-refractivity contribution is 7.91. The summed E-state index contributed by atoms with van der Waals surface area (Å²) in [6.45, 7) is 0. The molecule has 0 radical (unpaired) electrons. The molecule has 3 heterocycles. The van der Waals surface area contributed by atoms with Crippen molar-refractivity contribution in [2.24, 2.45) is 5.41 Å². The maximum atomic E-state index is 13.1. The number of fused-ring (bicyclic) bond motifs is 1. The van der Waals surface area contributed by atoms with Crippen molar-refractivity contribution in [3.05, 3.63) is 48.3 Å². The fraction of sp³-hybridized carbons (Fsp3) is 0.400. The molecule has 0 bridgehead atoms. The molecule has 158 valence electrons. The Balaban J connectivity index is 1.41. The number of sulfone groups is 1. The van der Waals surface area contributed by atoms with E-state index < -0.39 is 21.6 Å². The quantitative estimate of drug-likeness (QED) is 0.676. The number of anilines is 1. The van der Waals surface area contributed by atoms with Gasteiger partial charge in [-0.2, -0.15) is 18.3 Å². The lowest BCUT2D eigenvalue weighted by Crippen LogP contribution is -2.28. The number of halogens is 3. The van der Waals surface area contributed by atoms with Gasteiger partial charge in [-0.1, -0.05) is 12.1 Å². The van der Waals surface area contributed by atoms with Gasteiger partial charge in [0.05, 0.1) is 23.3 Å². The first-order valence-corrected chi connectivity index (χ1v) is 11.5. The Morgan fingerprint density at radius 1 is 1.17 bits per heavy atom. The standard InChI is InChI=1S/C20H19F3N4O2S/c21-20(22,23)14-3-1-2-13(10-14)15-12-24-27-7-4-17(26-18(15)27)25-16-11-19(16)5-8-30(28,29)9-6-19/h1-4,7,10,12,16H,5-6,8-9,11H2,(H,25,26)/t16-/m0/s1. The van der Waals surface area contributed by atoms with Crippen LogP contribution in [0.3, 0.4) is 0 Å². The van der Waals surface area contributed by atoms with Crippen molar-refractivity contribution in [1.82, 2.24) is 14.6 Å². The van der Waals surface area contributed by atoms with Crippen LogP contribution in [0.5, 0.6) is 0 Å². The summed E-state index contributed by atoms with van der Waals surface area (Å²) in [6, 6.07) is 7.02. The van der Waals surface area contributed by atoms with Crippen LogP contribution in [-0.2, 0) is 16.0 Å². The maximum Gasteiger partial charge on any atom is 0.416 e. The SMILES string of the molecule is O=S1(=O)CCC2(CC1)C[C@@H]2Nc1ccn2ncc(-c3cccc(C(F)(F)F)c3)c2n1. The average molecular weight is 436 g/mol. The Bertz CT molecular complexity index is 1220. The van der Waals surface area contributed by atoms with Gasteiger partial charge in [0.15, 0.2) is 5.65 Å². The molecule has 2 aromatic heterocycles. The van der Waals surface area contributed by atoms with E-state index in [-0.39, 0.29) is 23.0 Å². The number of nitrogens with zero attached hydrogens (tertiary/aromatic N) is 3. The number of aromatic nitrogens is 3. The molecule has 1 aliphatic carbocycles. The summed E-state index contributed by atoms with van der Waals surface area (Å²) in [5.41, 5.74) is 0.647. The van der Waals surface area contributed by atoms with Crippen molar-refractivity contribution < 1.29 is 21.6 Å². The van der Waals surface area contributed by atoms with E-state index in [0.29, 0.717) is 35.4 Å². The van der Waals surface area contributed by atoms with E-state index in [1.54, 1.807) is 18.3 Å². The lowest BCUT2D eigenvalue weighted by Gasteiger charge is -2.23. The Kier molecular flexibility index (Phi) is 4.15. The molecule has 5 rings (SSSR count). The van der Waals surface area contributed by atoms with Crippen molar-refractivity contribution in [3.63, 3.8) is 0 Å². The zero-order chi connectivity index (χ0) is 21.1. The lowest BCUT2D eigenvalue weighted by atomic mass is 9.99. The maximum absolute atomic E-state index is 13.1. The third kappa shape index (κ3) is 3.42. The molecule has 1 saturated carbocycles. The molecule has 2 aliphatic rings. The van der Waals surface area contributed by atoms with E-state index in [1.807, 2.05) is 0 Å². The number of rotatable bonds is 3. The van der Waals surface area contributed by atoms with Gasteiger partial charge >= 0.3 is 6.18 Å². The summed E-state index contributed by atoms with van der Waals surface area (Å²) >= 11 is 0. The molecule has 2 fully saturated rings. The Morgan fingerprint density at radius 2 is 1.93 bits per heavy atom. The van der Waals surface area contributed by atoms with Crippen molar-refractivity contribution in [1.29, 1.82) is 0 Å². The van der Waals surface area contributed by atoms with Gasteiger partial charge < -0.3 is 5.32 Å². The monoisotopic (exact) mass is 436 g/mol. The van der Waals surface area contributed by atoms with Crippen LogP contribution in [0.15, 0.2) is 42.7 Å². The summed E-state index contributed by atoms with van der Waals surface area (Å²) in [7, 11) is -2.92. The molecule has 1 atom stereocenters. The highest BCUT2D eigenvalue weighted by Crippen LogP contribution is 2.55. The topological polar surface area (TPSA) is 76.4 Å². The highest BCUT2D eigenvalue weighted by atomic mass is 32.2. The molecule has 1 aliphatic heterocycles. The summed E-state index contributed by atoms with van der Waals surface area (Å²) in [4.78, 5) is 4.58. The molecular formula is C20H19F3N4O2S. The van der Waals surface area contributed by atoms with Gasteiger partial charge in [0.2, 0.25) is 0 Å². The number of hydrogen-bond donors (Lipinski definition) is 1. The van der Waals surface area contributed by atoms with E-state index in [9.17, 15) is 21.6 Å². The smallest absolute Gasteiger partial charge is 0.367 e. The Labute approximate surface area is 171 Å². The van der Waals surface area contributed by atoms with Gasteiger partial charge in [0.25, 0.3) is 0 Å². The van der Waals surface area contributed by atoms with Crippen molar-refractivity contribution in [3.8, 4) is 11.1 Å². The van der Waals surface area contributed by atoms with E-state index in [0.717, 1.165) is 18.6 Å². The molecule has 30 heavy (non-hydrogen) atoms. The Morgan fingerprint density at radius 3 is 2.67 bits per heavy atom. The van der Waals surface area contributed by atoms with Crippen LogP contribution >= 0.6 is 0 Å². The van der Waals surface area contributed by atoms with Gasteiger partial charge in [-0.15, -0.1) is 0 Å². The third-order valence-electron chi connectivity index (χ3n) is 6.20. The summed E-state index contributed by atoms with van der Waals surface area (Å²) < 4.78 is 64.1. The summed E-state index contributed by atoms with van der Waals surface area (Å²) in [6.07, 6.45) is 0.991. The minimum Gasteiger partial charge on any atom is -0.367 e. The second-order valence-electron chi connectivity index (χ2n) is 8.13. The molecule has 0 amide bonds. The van der Waals surface area contributed by atoms with E-state index in [2.05, 4.69) is 15.4 Å². The second-order valence-corrected chi connectivity index (χ2v) is 10.4. The molecule has 1 aromatic carbocycles. The van der Waals surface area contributed by atoms with Crippen LogP contribution in [0.1, 0.15) is 24.8 Å². The number of nitrogens with one attached hydrogen (secondary N) is 1. The van der Waals surface area contributed by atoms with Gasteiger partial charge in [-0.3, -0.25) is 0 Å². The minimum atomic E-state index is -4.42. The second kappa shape index (κ2) is 6.44. The van der Waals surface area contributed by atoms with E-state index >= 15 is 0 Å². The van der Waals surface area contributed by atoms with Crippen LogP contribution in [-0.4, -0.2) is 40.6 Å². The molecule has 1 saturated heterocycles. The predicted octanol–water partition coefficient (Wildman–Crippen LogP) is 3.79. The van der Waals surface area contributed by atoms with Gasteiger partial charge in [0, 0.05) is 17.8 Å². The van der Waals surface area contributed by atoms with Crippen LogP contribution in [0.4, 0.5) is 19.0 Å². The zero-order valence-corrected chi connectivity index (χ0v) is 16.7. The van der Waals surface area contributed by atoms with Gasteiger partial charge in [0.1, 0.15) is 15.7 Å².